The van der Waals surface area contributed by atoms with Crippen molar-refractivity contribution in [3.8, 4) is 0 Å². The number of carbonyl (C=O) groups is 2. The van der Waals surface area contributed by atoms with Crippen molar-refractivity contribution >= 4 is 17.7 Å². The molecule has 0 saturated heterocycles. The second kappa shape index (κ2) is 8.97. The number of ether oxygens (including phenoxy) is 1. The maximum atomic E-state index is 11.9. The van der Waals surface area contributed by atoms with E-state index in [9.17, 15) is 9.59 Å². The van der Waals surface area contributed by atoms with Crippen LogP contribution in [0.2, 0.25) is 0 Å². The number of hydrogen-bond acceptors (Lipinski definition) is 3. The van der Waals surface area contributed by atoms with E-state index in [1.165, 1.54) is 0 Å². The normalized spacial score (nSPS) is 11.7. The number of urea groups is 1. The number of amides is 2. The Morgan fingerprint density at radius 3 is 2.48 bits per heavy atom. The molecule has 1 unspecified atom stereocenters. The number of rotatable bonds is 8. The van der Waals surface area contributed by atoms with Gasteiger partial charge in [0.05, 0.1) is 19.1 Å². The number of carbonyl (C=O) groups excluding carboxylic acids is 1. The van der Waals surface area contributed by atoms with Crippen molar-refractivity contribution in [2.45, 2.75) is 32.2 Å². The fraction of sp³-hybridized carbons (Fsp3) is 0.467. The van der Waals surface area contributed by atoms with Gasteiger partial charge in [-0.1, -0.05) is 25.5 Å². The standard InChI is InChI=1S/C15H22N2O4/c1-3-4-13(10-21-2)17-15(20)16-12-7-5-11(6-8-12)9-14(18)19/h5-8,13H,3-4,9-10H2,1-2H3,(H,18,19)(H2,16,17,20). The quantitative estimate of drug-likeness (QED) is 0.686. The molecule has 6 nitrogen and oxygen atoms in total. The van der Waals surface area contributed by atoms with Gasteiger partial charge in [-0.3, -0.25) is 4.79 Å². The summed E-state index contributed by atoms with van der Waals surface area (Å²) in [7, 11) is 1.60. The third-order valence-electron chi connectivity index (χ3n) is 2.91. The van der Waals surface area contributed by atoms with Gasteiger partial charge in [-0.2, -0.15) is 0 Å². The summed E-state index contributed by atoms with van der Waals surface area (Å²) in [5.41, 5.74) is 1.31. The minimum atomic E-state index is -0.879. The van der Waals surface area contributed by atoms with E-state index in [0.717, 1.165) is 12.8 Å². The third-order valence-corrected chi connectivity index (χ3v) is 2.91. The molecule has 0 aliphatic rings. The molecule has 1 atom stereocenters. The van der Waals surface area contributed by atoms with Gasteiger partial charge >= 0.3 is 12.0 Å². The zero-order valence-electron chi connectivity index (χ0n) is 12.4. The Hall–Kier alpha value is -2.08. The third kappa shape index (κ3) is 6.76. The number of nitrogens with one attached hydrogen (secondary N) is 2. The Kier molecular flexibility index (Phi) is 7.25. The van der Waals surface area contributed by atoms with E-state index >= 15 is 0 Å². The molecule has 0 fully saturated rings. The summed E-state index contributed by atoms with van der Waals surface area (Å²) < 4.78 is 5.06. The molecule has 0 aliphatic carbocycles. The first kappa shape index (κ1) is 17.0. The number of carboxylic acids is 1. The maximum absolute atomic E-state index is 11.9. The van der Waals surface area contributed by atoms with Gasteiger partial charge < -0.3 is 20.5 Å². The van der Waals surface area contributed by atoms with Gasteiger partial charge in [0, 0.05) is 12.8 Å². The predicted molar refractivity (Wildman–Crippen MR) is 80.5 cm³/mol. The Labute approximate surface area is 124 Å². The van der Waals surface area contributed by atoms with Crippen LogP contribution in [0.5, 0.6) is 0 Å². The Bertz CT molecular complexity index is 453. The van der Waals surface area contributed by atoms with Crippen LogP contribution in [0.4, 0.5) is 10.5 Å². The Morgan fingerprint density at radius 1 is 1.29 bits per heavy atom. The smallest absolute Gasteiger partial charge is 0.319 e. The molecule has 0 aromatic heterocycles. The summed E-state index contributed by atoms with van der Waals surface area (Å²) in [6, 6.07) is 6.42. The summed E-state index contributed by atoms with van der Waals surface area (Å²) in [6.07, 6.45) is 1.77. The van der Waals surface area contributed by atoms with Crippen molar-refractivity contribution < 1.29 is 19.4 Å². The molecule has 1 aromatic rings. The molecule has 0 spiro atoms. The lowest BCUT2D eigenvalue weighted by Gasteiger charge is -2.17. The van der Waals surface area contributed by atoms with E-state index in [-0.39, 0.29) is 18.5 Å². The Balaban J connectivity index is 2.51. The van der Waals surface area contributed by atoms with E-state index in [4.69, 9.17) is 9.84 Å². The van der Waals surface area contributed by atoms with Crippen LogP contribution in [0, 0.1) is 0 Å². The average Bonchev–Trinajstić information content (AvgIpc) is 2.41. The van der Waals surface area contributed by atoms with E-state index in [0.29, 0.717) is 17.9 Å². The van der Waals surface area contributed by atoms with Gasteiger partial charge in [-0.05, 0) is 24.1 Å². The summed E-state index contributed by atoms with van der Waals surface area (Å²) in [5.74, 6) is -0.879. The van der Waals surface area contributed by atoms with Crippen LogP contribution in [-0.4, -0.2) is 36.9 Å². The molecule has 0 radical (unpaired) electrons. The molecule has 1 aromatic carbocycles. The topological polar surface area (TPSA) is 87.7 Å². The Morgan fingerprint density at radius 2 is 1.95 bits per heavy atom. The number of benzene rings is 1. The highest BCUT2D eigenvalue weighted by molar-refractivity contribution is 5.89. The number of hydrogen-bond donors (Lipinski definition) is 3. The van der Waals surface area contributed by atoms with Crippen molar-refractivity contribution in [2.75, 3.05) is 19.0 Å². The molecule has 0 saturated carbocycles. The molecule has 3 N–H and O–H groups in total. The lowest BCUT2D eigenvalue weighted by atomic mass is 10.1. The SMILES string of the molecule is CCCC(COC)NC(=O)Nc1ccc(CC(=O)O)cc1. The summed E-state index contributed by atoms with van der Waals surface area (Å²) in [6.45, 7) is 2.52. The molecule has 116 valence electrons. The van der Waals surface area contributed by atoms with Crippen molar-refractivity contribution in [1.82, 2.24) is 5.32 Å². The van der Waals surface area contributed by atoms with Gasteiger partial charge in [0.1, 0.15) is 0 Å². The number of aliphatic carboxylic acids is 1. The van der Waals surface area contributed by atoms with Crippen LogP contribution in [0.3, 0.4) is 0 Å². The molecule has 1 rings (SSSR count). The first-order chi connectivity index (χ1) is 10.0. The fourth-order valence-electron chi connectivity index (χ4n) is 1.98. The van der Waals surface area contributed by atoms with Crippen LogP contribution in [0.25, 0.3) is 0 Å². The van der Waals surface area contributed by atoms with Crippen LogP contribution >= 0.6 is 0 Å². The van der Waals surface area contributed by atoms with Gasteiger partial charge in [0.25, 0.3) is 0 Å². The van der Waals surface area contributed by atoms with Crippen LogP contribution in [0.15, 0.2) is 24.3 Å². The highest BCUT2D eigenvalue weighted by atomic mass is 16.5. The van der Waals surface area contributed by atoms with Crippen LogP contribution in [-0.2, 0) is 16.0 Å². The van der Waals surface area contributed by atoms with Gasteiger partial charge in [-0.25, -0.2) is 4.79 Å². The monoisotopic (exact) mass is 294 g/mol. The second-order valence-corrected chi connectivity index (χ2v) is 4.81. The van der Waals surface area contributed by atoms with Crippen molar-refractivity contribution in [1.29, 1.82) is 0 Å². The highest BCUT2D eigenvalue weighted by Gasteiger charge is 2.11. The summed E-state index contributed by atoms with van der Waals surface area (Å²) in [5, 5.41) is 14.3. The van der Waals surface area contributed by atoms with E-state index < -0.39 is 5.97 Å². The van der Waals surface area contributed by atoms with Gasteiger partial charge in [0.15, 0.2) is 0 Å². The zero-order valence-corrected chi connectivity index (χ0v) is 12.4. The minimum absolute atomic E-state index is 0.0220. The lowest BCUT2D eigenvalue weighted by Crippen LogP contribution is -2.40. The summed E-state index contributed by atoms with van der Waals surface area (Å²) in [4.78, 5) is 22.4. The molecular formula is C15H22N2O4. The van der Waals surface area contributed by atoms with Crippen LogP contribution in [0.1, 0.15) is 25.3 Å². The maximum Gasteiger partial charge on any atom is 0.319 e. The second-order valence-electron chi connectivity index (χ2n) is 4.81. The van der Waals surface area contributed by atoms with Gasteiger partial charge in [-0.15, -0.1) is 0 Å². The van der Waals surface area contributed by atoms with Crippen LogP contribution < -0.4 is 10.6 Å². The molecule has 0 aliphatic heterocycles. The molecular weight excluding hydrogens is 272 g/mol. The fourth-order valence-corrected chi connectivity index (χ4v) is 1.98. The minimum Gasteiger partial charge on any atom is -0.481 e. The van der Waals surface area contributed by atoms with Gasteiger partial charge in [0.2, 0.25) is 0 Å². The van der Waals surface area contributed by atoms with E-state index in [2.05, 4.69) is 10.6 Å². The number of methoxy groups -OCH3 is 1. The first-order valence-electron chi connectivity index (χ1n) is 6.92. The van der Waals surface area contributed by atoms with Crippen molar-refractivity contribution in [3.63, 3.8) is 0 Å². The number of anilines is 1. The van der Waals surface area contributed by atoms with Crippen molar-refractivity contribution in [2.24, 2.45) is 0 Å². The molecule has 21 heavy (non-hydrogen) atoms. The molecule has 0 bridgehead atoms. The van der Waals surface area contributed by atoms with E-state index in [1.54, 1.807) is 31.4 Å². The molecule has 6 heteroatoms. The molecule has 0 heterocycles. The van der Waals surface area contributed by atoms with E-state index in [1.807, 2.05) is 6.92 Å². The summed E-state index contributed by atoms with van der Waals surface area (Å²) >= 11 is 0. The zero-order chi connectivity index (χ0) is 15.7. The lowest BCUT2D eigenvalue weighted by molar-refractivity contribution is -0.136. The molecule has 2 amide bonds. The number of carboxylic acid groups (broad SMARTS) is 1. The van der Waals surface area contributed by atoms with Crippen molar-refractivity contribution in [3.05, 3.63) is 29.8 Å². The predicted octanol–water partition coefficient (Wildman–Crippen LogP) is 2.25. The first-order valence-corrected chi connectivity index (χ1v) is 6.92. The largest absolute Gasteiger partial charge is 0.481 e. The highest BCUT2D eigenvalue weighted by Crippen LogP contribution is 2.10. The average molecular weight is 294 g/mol.